The predicted molar refractivity (Wildman–Crippen MR) is 71.4 cm³/mol. The minimum atomic E-state index is -0.407. The van der Waals surface area contributed by atoms with Crippen LogP contribution in [0, 0.1) is 10.1 Å². The van der Waals surface area contributed by atoms with Crippen LogP contribution in [0.4, 0.5) is 0 Å². The van der Waals surface area contributed by atoms with Crippen LogP contribution in [-0.2, 0) is 0 Å². The molecule has 1 aromatic carbocycles. The number of nitrogens with zero attached hydrogens (tertiary/aromatic N) is 1. The summed E-state index contributed by atoms with van der Waals surface area (Å²) in [5.41, 5.74) is 0.680. The summed E-state index contributed by atoms with van der Waals surface area (Å²) in [6.07, 6.45) is 1.80. The monoisotopic (exact) mass is 267 g/mol. The van der Waals surface area contributed by atoms with E-state index in [0.717, 1.165) is 0 Å². The summed E-state index contributed by atoms with van der Waals surface area (Å²) in [6.45, 7) is 1.72. The van der Waals surface area contributed by atoms with E-state index in [1.165, 1.54) is 27.4 Å². The normalized spacial score (nSPS) is 11.1. The van der Waals surface area contributed by atoms with Gasteiger partial charge in [0.25, 0.3) is 0 Å². The number of methoxy groups -OCH3 is 3. The summed E-state index contributed by atoms with van der Waals surface area (Å²) in [5.74, 6) is 1.34. The van der Waals surface area contributed by atoms with Crippen LogP contribution in [0.3, 0.4) is 0 Å². The van der Waals surface area contributed by atoms with E-state index in [1.54, 1.807) is 19.1 Å². The molecule has 0 bridgehead atoms. The summed E-state index contributed by atoms with van der Waals surface area (Å²) in [6, 6.07) is 3.37. The van der Waals surface area contributed by atoms with Crippen molar-refractivity contribution in [1.82, 2.24) is 0 Å². The highest BCUT2D eigenvalue weighted by Gasteiger charge is 2.17. The molecule has 0 heterocycles. The maximum absolute atomic E-state index is 10.9. The maximum Gasteiger partial charge on any atom is 0.246 e. The largest absolute Gasteiger partial charge is 0.493 e. The van der Waals surface area contributed by atoms with Gasteiger partial charge in [0.1, 0.15) is 0 Å². The van der Waals surface area contributed by atoms with Crippen molar-refractivity contribution < 1.29 is 19.1 Å². The molecule has 0 aliphatic carbocycles. The Morgan fingerprint density at radius 3 is 2.26 bits per heavy atom. The maximum atomic E-state index is 10.9. The fourth-order valence-corrected chi connectivity index (χ4v) is 1.70. The summed E-state index contributed by atoms with van der Waals surface area (Å²) in [4.78, 5) is 10.4. The number of nitro groups is 1. The van der Waals surface area contributed by atoms with Crippen molar-refractivity contribution in [1.29, 1.82) is 0 Å². The molecule has 1 aromatic rings. The second kappa shape index (κ2) is 6.63. The highest BCUT2D eigenvalue weighted by atomic mass is 16.6. The third-order valence-electron chi connectivity index (χ3n) is 2.65. The van der Waals surface area contributed by atoms with Gasteiger partial charge in [-0.05, 0) is 12.1 Å². The van der Waals surface area contributed by atoms with Crippen LogP contribution in [0.1, 0.15) is 18.9 Å². The van der Waals surface area contributed by atoms with E-state index in [4.69, 9.17) is 14.2 Å². The van der Waals surface area contributed by atoms with Crippen LogP contribution in [-0.4, -0.2) is 26.3 Å². The van der Waals surface area contributed by atoms with Gasteiger partial charge in [0.2, 0.25) is 11.4 Å². The van der Waals surface area contributed by atoms with Crippen LogP contribution in [0.5, 0.6) is 17.2 Å². The number of rotatable bonds is 6. The summed E-state index contributed by atoms with van der Waals surface area (Å²) in [7, 11) is 4.48. The van der Waals surface area contributed by atoms with Crippen molar-refractivity contribution in [3.05, 3.63) is 33.5 Å². The van der Waals surface area contributed by atoms with Gasteiger partial charge in [-0.25, -0.2) is 0 Å². The Hall–Kier alpha value is -2.24. The molecule has 0 saturated carbocycles. The van der Waals surface area contributed by atoms with E-state index in [9.17, 15) is 10.1 Å². The van der Waals surface area contributed by atoms with Gasteiger partial charge in [-0.2, -0.15) is 0 Å². The van der Waals surface area contributed by atoms with Crippen LogP contribution >= 0.6 is 0 Å². The molecule has 0 amide bonds. The highest BCUT2D eigenvalue weighted by molar-refractivity contribution is 5.67. The lowest BCUT2D eigenvalue weighted by atomic mass is 10.1. The van der Waals surface area contributed by atoms with Crippen molar-refractivity contribution >= 4 is 6.08 Å². The fourth-order valence-electron chi connectivity index (χ4n) is 1.70. The van der Waals surface area contributed by atoms with Crippen molar-refractivity contribution in [2.75, 3.05) is 21.3 Å². The molecule has 104 valence electrons. The number of ether oxygens (including phenoxy) is 3. The molecule has 0 unspecified atom stereocenters. The Kier molecular flexibility index (Phi) is 5.17. The molecule has 19 heavy (non-hydrogen) atoms. The van der Waals surface area contributed by atoms with Crippen molar-refractivity contribution in [3.63, 3.8) is 0 Å². The van der Waals surface area contributed by atoms with Gasteiger partial charge < -0.3 is 14.2 Å². The second-order valence-electron chi connectivity index (χ2n) is 3.67. The lowest BCUT2D eigenvalue weighted by Gasteiger charge is -2.13. The average molecular weight is 267 g/mol. The minimum Gasteiger partial charge on any atom is -0.493 e. The topological polar surface area (TPSA) is 70.8 Å². The van der Waals surface area contributed by atoms with Crippen LogP contribution in [0.25, 0.3) is 6.08 Å². The van der Waals surface area contributed by atoms with Gasteiger partial charge in [0.05, 0.1) is 26.3 Å². The summed E-state index contributed by atoms with van der Waals surface area (Å²) in [5, 5.41) is 10.9. The van der Waals surface area contributed by atoms with Crippen molar-refractivity contribution in [3.8, 4) is 17.2 Å². The SMILES string of the molecule is CCC(=Cc1ccc(OC)c(OC)c1OC)[N+](=O)[O-]. The molecule has 0 atom stereocenters. The van der Waals surface area contributed by atoms with Gasteiger partial charge in [-0.3, -0.25) is 10.1 Å². The van der Waals surface area contributed by atoms with Crippen LogP contribution < -0.4 is 14.2 Å². The molecule has 0 aromatic heterocycles. The number of hydrogen-bond acceptors (Lipinski definition) is 5. The summed E-state index contributed by atoms with van der Waals surface area (Å²) >= 11 is 0. The quantitative estimate of drug-likeness (QED) is 0.585. The Morgan fingerprint density at radius 1 is 1.21 bits per heavy atom. The Bertz CT molecular complexity index is 496. The van der Waals surface area contributed by atoms with E-state index >= 15 is 0 Å². The van der Waals surface area contributed by atoms with Gasteiger partial charge in [-0.1, -0.05) is 6.92 Å². The van der Waals surface area contributed by atoms with Crippen molar-refractivity contribution in [2.24, 2.45) is 0 Å². The van der Waals surface area contributed by atoms with E-state index in [0.29, 0.717) is 29.2 Å². The molecule has 0 aliphatic heterocycles. The van der Waals surface area contributed by atoms with Gasteiger partial charge in [0.15, 0.2) is 11.5 Å². The number of hydrogen-bond donors (Lipinski definition) is 0. The highest BCUT2D eigenvalue weighted by Crippen LogP contribution is 2.40. The zero-order valence-corrected chi connectivity index (χ0v) is 11.4. The Morgan fingerprint density at radius 2 is 1.84 bits per heavy atom. The lowest BCUT2D eigenvalue weighted by Crippen LogP contribution is -1.99. The summed E-state index contributed by atoms with van der Waals surface area (Å²) < 4.78 is 15.6. The molecule has 1 rings (SSSR count). The first-order valence-corrected chi connectivity index (χ1v) is 5.72. The molecular weight excluding hydrogens is 250 g/mol. The van der Waals surface area contributed by atoms with Gasteiger partial charge in [0, 0.05) is 18.1 Å². The molecule has 0 radical (unpaired) electrons. The smallest absolute Gasteiger partial charge is 0.246 e. The first-order chi connectivity index (χ1) is 9.08. The molecule has 6 heteroatoms. The molecule has 0 fully saturated rings. The van der Waals surface area contributed by atoms with E-state index in [1.807, 2.05) is 0 Å². The first kappa shape index (κ1) is 14.8. The third kappa shape index (κ3) is 3.15. The average Bonchev–Trinajstić information content (AvgIpc) is 2.42. The zero-order chi connectivity index (χ0) is 14.4. The second-order valence-corrected chi connectivity index (χ2v) is 3.67. The standard InChI is InChI=1S/C13H17NO5/c1-5-10(14(15)16)8-9-6-7-11(17-2)13(19-4)12(9)18-3/h6-8H,5H2,1-4H3. The fraction of sp³-hybridized carbons (Fsp3) is 0.385. The molecule has 6 nitrogen and oxygen atoms in total. The predicted octanol–water partition coefficient (Wildman–Crippen LogP) is 2.74. The van der Waals surface area contributed by atoms with Crippen molar-refractivity contribution in [2.45, 2.75) is 13.3 Å². The minimum absolute atomic E-state index is 0.102. The molecule has 0 spiro atoms. The Labute approximate surface area is 111 Å². The van der Waals surface area contributed by atoms with E-state index < -0.39 is 4.92 Å². The first-order valence-electron chi connectivity index (χ1n) is 5.72. The Balaban J connectivity index is 3.40. The van der Waals surface area contributed by atoms with Gasteiger partial charge >= 0.3 is 0 Å². The van der Waals surface area contributed by atoms with E-state index in [2.05, 4.69) is 0 Å². The number of allylic oxidation sites excluding steroid dienone is 1. The van der Waals surface area contributed by atoms with Crippen LogP contribution in [0.2, 0.25) is 0 Å². The number of benzene rings is 1. The van der Waals surface area contributed by atoms with Gasteiger partial charge in [-0.15, -0.1) is 0 Å². The third-order valence-corrected chi connectivity index (χ3v) is 2.65. The molecule has 0 aliphatic rings. The lowest BCUT2D eigenvalue weighted by molar-refractivity contribution is -0.425. The molecular formula is C13H17NO5. The molecule has 0 saturated heterocycles. The van der Waals surface area contributed by atoms with Crippen LogP contribution in [0.15, 0.2) is 17.8 Å². The zero-order valence-electron chi connectivity index (χ0n) is 11.4. The molecule has 0 N–H and O–H groups in total. The van der Waals surface area contributed by atoms with E-state index in [-0.39, 0.29) is 5.70 Å².